The smallest absolute Gasteiger partial charge is 0.137 e. The first-order valence-corrected chi connectivity index (χ1v) is 5.36. The van der Waals surface area contributed by atoms with Gasteiger partial charge in [-0.25, -0.2) is 8.78 Å². The Labute approximate surface area is 97.1 Å². The lowest BCUT2D eigenvalue weighted by Gasteiger charge is -2.09. The molecule has 0 atom stereocenters. The Kier molecular flexibility index (Phi) is 2.80. The maximum absolute atomic E-state index is 13.6. The number of benzene rings is 1. The van der Waals surface area contributed by atoms with Gasteiger partial charge in [-0.05, 0) is 18.9 Å². The minimum atomic E-state index is -0.665. The van der Waals surface area contributed by atoms with Gasteiger partial charge in [0.1, 0.15) is 11.6 Å². The van der Waals surface area contributed by atoms with E-state index in [4.69, 9.17) is 11.6 Å². The van der Waals surface area contributed by atoms with E-state index in [1.807, 2.05) is 6.92 Å². The van der Waals surface area contributed by atoms with E-state index in [0.717, 1.165) is 11.6 Å². The molecule has 0 N–H and O–H groups in total. The molecule has 0 aliphatic heterocycles. The summed E-state index contributed by atoms with van der Waals surface area (Å²) in [5.74, 6) is -1.31. The van der Waals surface area contributed by atoms with E-state index in [1.165, 1.54) is 6.07 Å². The normalized spacial score (nSPS) is 11.1. The molecule has 2 rings (SSSR count). The van der Waals surface area contributed by atoms with Crippen molar-refractivity contribution in [2.75, 3.05) is 0 Å². The zero-order chi connectivity index (χ0) is 11.9. The molecule has 84 valence electrons. The molecule has 1 aromatic carbocycles. The molecule has 0 aliphatic carbocycles. The topological polar surface area (TPSA) is 12.9 Å². The lowest BCUT2D eigenvalue weighted by atomic mass is 10.1. The Bertz CT molecular complexity index is 567. The number of pyridine rings is 1. The first-order valence-electron chi connectivity index (χ1n) is 4.98. The molecule has 0 aliphatic rings. The van der Waals surface area contributed by atoms with Crippen LogP contribution in [0.3, 0.4) is 0 Å². The van der Waals surface area contributed by atoms with Crippen LogP contribution < -0.4 is 0 Å². The first-order chi connectivity index (χ1) is 7.54. The molecule has 0 saturated heterocycles. The van der Waals surface area contributed by atoms with Crippen molar-refractivity contribution in [2.45, 2.75) is 20.3 Å². The van der Waals surface area contributed by atoms with E-state index in [1.54, 1.807) is 6.92 Å². The molecule has 0 unspecified atom stereocenters. The van der Waals surface area contributed by atoms with Crippen LogP contribution in [-0.4, -0.2) is 4.98 Å². The van der Waals surface area contributed by atoms with Gasteiger partial charge in [-0.3, -0.25) is 4.98 Å². The predicted octanol–water partition coefficient (Wildman–Crippen LogP) is 4.04. The van der Waals surface area contributed by atoms with E-state index in [2.05, 4.69) is 4.98 Å². The molecule has 1 aromatic heterocycles. The highest BCUT2D eigenvalue weighted by Gasteiger charge is 2.14. The third kappa shape index (κ3) is 1.65. The highest BCUT2D eigenvalue weighted by molar-refractivity contribution is 6.36. The van der Waals surface area contributed by atoms with Gasteiger partial charge in [-0.15, -0.1) is 0 Å². The predicted molar refractivity (Wildman–Crippen MR) is 60.8 cm³/mol. The molecule has 1 heterocycles. The minimum absolute atomic E-state index is 0.200. The van der Waals surface area contributed by atoms with Crippen molar-refractivity contribution in [2.24, 2.45) is 0 Å². The summed E-state index contributed by atoms with van der Waals surface area (Å²) in [5.41, 5.74) is 1.78. The summed E-state index contributed by atoms with van der Waals surface area (Å²) in [5, 5.41) is 0.535. The lowest BCUT2D eigenvalue weighted by molar-refractivity contribution is 0.591. The van der Waals surface area contributed by atoms with E-state index >= 15 is 0 Å². The van der Waals surface area contributed by atoms with Crippen LogP contribution in [0, 0.1) is 18.6 Å². The van der Waals surface area contributed by atoms with Gasteiger partial charge in [0.05, 0.1) is 15.9 Å². The van der Waals surface area contributed by atoms with E-state index < -0.39 is 11.6 Å². The van der Waals surface area contributed by atoms with Gasteiger partial charge in [0.15, 0.2) is 0 Å². The van der Waals surface area contributed by atoms with Gasteiger partial charge >= 0.3 is 0 Å². The van der Waals surface area contributed by atoms with Crippen molar-refractivity contribution in [3.8, 4) is 0 Å². The van der Waals surface area contributed by atoms with Gasteiger partial charge in [0, 0.05) is 17.8 Å². The Balaban J connectivity index is 2.93. The quantitative estimate of drug-likeness (QED) is 0.734. The fraction of sp³-hybridized carbons (Fsp3) is 0.250. The monoisotopic (exact) mass is 241 g/mol. The van der Waals surface area contributed by atoms with Crippen molar-refractivity contribution in [1.82, 2.24) is 4.98 Å². The molecule has 0 radical (unpaired) electrons. The molecule has 0 fully saturated rings. The number of aromatic nitrogens is 1. The fourth-order valence-electron chi connectivity index (χ4n) is 1.83. The second-order valence-corrected chi connectivity index (χ2v) is 4.00. The maximum Gasteiger partial charge on any atom is 0.137 e. The molecule has 0 spiro atoms. The first kappa shape index (κ1) is 11.3. The molecule has 4 heteroatoms. The molecule has 2 aromatic rings. The largest absolute Gasteiger partial charge is 0.253 e. The molecule has 0 amide bonds. The number of hydrogen-bond donors (Lipinski definition) is 0. The number of halogens is 3. The molecular formula is C12H10ClF2N. The van der Waals surface area contributed by atoms with Crippen LogP contribution in [0.5, 0.6) is 0 Å². The van der Waals surface area contributed by atoms with Crippen LogP contribution in [0.2, 0.25) is 5.02 Å². The number of rotatable bonds is 1. The summed E-state index contributed by atoms with van der Waals surface area (Å²) >= 11 is 6.10. The van der Waals surface area contributed by atoms with Gasteiger partial charge in [0.2, 0.25) is 0 Å². The maximum atomic E-state index is 13.6. The van der Waals surface area contributed by atoms with Crippen molar-refractivity contribution in [3.05, 3.63) is 40.0 Å². The molecule has 0 bridgehead atoms. The highest BCUT2D eigenvalue weighted by Crippen LogP contribution is 2.30. The van der Waals surface area contributed by atoms with Crippen molar-refractivity contribution in [1.29, 1.82) is 0 Å². The Hall–Kier alpha value is -1.22. The Morgan fingerprint density at radius 1 is 1.31 bits per heavy atom. The van der Waals surface area contributed by atoms with Crippen LogP contribution >= 0.6 is 11.6 Å². The third-order valence-electron chi connectivity index (χ3n) is 2.60. The fourth-order valence-corrected chi connectivity index (χ4v) is 2.29. The summed E-state index contributed by atoms with van der Waals surface area (Å²) in [4.78, 5) is 4.16. The zero-order valence-electron chi connectivity index (χ0n) is 8.94. The van der Waals surface area contributed by atoms with Crippen LogP contribution in [0.25, 0.3) is 10.9 Å². The Morgan fingerprint density at radius 3 is 2.62 bits per heavy atom. The molecule has 16 heavy (non-hydrogen) atoms. The molecular weight excluding hydrogens is 232 g/mol. The van der Waals surface area contributed by atoms with Crippen LogP contribution in [0.1, 0.15) is 18.2 Å². The summed E-state index contributed by atoms with van der Waals surface area (Å²) < 4.78 is 26.6. The highest BCUT2D eigenvalue weighted by atomic mass is 35.5. The minimum Gasteiger partial charge on any atom is -0.253 e. The average molecular weight is 242 g/mol. The summed E-state index contributed by atoms with van der Waals surface area (Å²) in [6, 6.07) is 2.02. The molecule has 1 nitrogen and oxygen atoms in total. The lowest BCUT2D eigenvalue weighted by Crippen LogP contribution is -1.97. The SMILES string of the molecule is CCc1c(C)nc2cc(F)cc(F)c2c1Cl. The third-order valence-corrected chi connectivity index (χ3v) is 3.01. The second-order valence-electron chi connectivity index (χ2n) is 3.63. The van der Waals surface area contributed by atoms with Gasteiger partial charge in [-0.1, -0.05) is 18.5 Å². The van der Waals surface area contributed by atoms with E-state index in [0.29, 0.717) is 17.1 Å². The number of hydrogen-bond acceptors (Lipinski definition) is 1. The Morgan fingerprint density at radius 2 is 2.00 bits per heavy atom. The number of fused-ring (bicyclic) bond motifs is 1. The number of nitrogens with zero attached hydrogens (tertiary/aromatic N) is 1. The summed E-state index contributed by atoms with van der Waals surface area (Å²) in [6.07, 6.45) is 0.671. The number of aryl methyl sites for hydroxylation is 1. The zero-order valence-corrected chi connectivity index (χ0v) is 9.70. The van der Waals surface area contributed by atoms with Crippen LogP contribution in [-0.2, 0) is 6.42 Å². The summed E-state index contributed by atoms with van der Waals surface area (Å²) in [6.45, 7) is 3.70. The van der Waals surface area contributed by atoms with Crippen molar-refractivity contribution < 1.29 is 8.78 Å². The standard InChI is InChI=1S/C12H10ClF2N/c1-3-8-6(2)16-10-5-7(14)4-9(15)11(10)12(8)13/h4-5H,3H2,1-2H3. The van der Waals surface area contributed by atoms with Gasteiger partial charge in [0.25, 0.3) is 0 Å². The molecule has 0 saturated carbocycles. The van der Waals surface area contributed by atoms with Crippen LogP contribution in [0.4, 0.5) is 8.78 Å². The van der Waals surface area contributed by atoms with Gasteiger partial charge in [-0.2, -0.15) is 0 Å². The van der Waals surface area contributed by atoms with Crippen LogP contribution in [0.15, 0.2) is 12.1 Å². The second kappa shape index (κ2) is 3.98. The van der Waals surface area contributed by atoms with E-state index in [9.17, 15) is 8.78 Å². The van der Waals surface area contributed by atoms with Crippen molar-refractivity contribution in [3.63, 3.8) is 0 Å². The summed E-state index contributed by atoms with van der Waals surface area (Å²) in [7, 11) is 0. The van der Waals surface area contributed by atoms with E-state index in [-0.39, 0.29) is 10.9 Å². The average Bonchev–Trinajstić information content (AvgIpc) is 2.15. The van der Waals surface area contributed by atoms with Gasteiger partial charge < -0.3 is 0 Å². The van der Waals surface area contributed by atoms with Crippen molar-refractivity contribution >= 4 is 22.5 Å².